The third-order valence-electron chi connectivity index (χ3n) is 3.13. The predicted octanol–water partition coefficient (Wildman–Crippen LogP) is 3.48. The predicted molar refractivity (Wildman–Crippen MR) is 74.1 cm³/mol. The molecular weight excluding hydrogens is 308 g/mol. The topological polar surface area (TPSA) is 63.1 Å². The maximum absolute atomic E-state index is 11.2. The molecule has 1 aliphatic carbocycles. The van der Waals surface area contributed by atoms with Gasteiger partial charge in [-0.05, 0) is 18.9 Å². The van der Waals surface area contributed by atoms with Crippen molar-refractivity contribution in [2.24, 2.45) is 0 Å². The van der Waals surface area contributed by atoms with Crippen LogP contribution < -0.4 is 0 Å². The lowest BCUT2D eigenvalue weighted by Gasteiger charge is -2.07. The van der Waals surface area contributed by atoms with Gasteiger partial charge in [0.05, 0.1) is 11.3 Å². The molecule has 0 aliphatic heterocycles. The highest BCUT2D eigenvalue weighted by molar-refractivity contribution is 9.10. The minimum Gasteiger partial charge on any atom is -0.478 e. The number of carbonyl (C=O) groups is 1. The quantitative estimate of drug-likeness (QED) is 0.941. The van der Waals surface area contributed by atoms with Gasteiger partial charge in [0.1, 0.15) is 0 Å². The molecule has 4 nitrogen and oxygen atoms in total. The summed E-state index contributed by atoms with van der Waals surface area (Å²) in [7, 11) is 0. The summed E-state index contributed by atoms with van der Waals surface area (Å²) in [6.07, 6.45) is 3.43. The second-order valence-electron chi connectivity index (χ2n) is 4.55. The number of carboxylic acid groups (broad SMARTS) is 1. The molecule has 0 atom stereocenters. The molecule has 1 fully saturated rings. The van der Waals surface area contributed by atoms with Crippen molar-refractivity contribution in [3.8, 4) is 11.4 Å². The summed E-state index contributed by atoms with van der Waals surface area (Å²) < 4.78 is 0.903. The van der Waals surface area contributed by atoms with E-state index in [1.54, 1.807) is 0 Å². The van der Waals surface area contributed by atoms with Crippen LogP contribution in [-0.2, 0) is 0 Å². The van der Waals surface area contributed by atoms with Crippen LogP contribution in [0.15, 0.2) is 34.9 Å². The molecule has 1 aliphatic rings. The number of aromatic nitrogens is 2. The SMILES string of the molecule is O=C(O)c1cnc(-c2ccccc2Br)nc1C1CC1. The molecule has 1 saturated carbocycles. The standard InChI is InChI=1S/C14H11BrN2O2/c15-11-4-2-1-3-9(11)13-16-7-10(14(18)19)12(17-13)8-5-6-8/h1-4,7-8H,5-6H2,(H,18,19). The molecule has 0 radical (unpaired) electrons. The molecule has 1 N–H and O–H groups in total. The highest BCUT2D eigenvalue weighted by Crippen LogP contribution is 2.41. The summed E-state index contributed by atoms with van der Waals surface area (Å²) in [5.41, 5.74) is 1.76. The Morgan fingerprint density at radius 1 is 1.32 bits per heavy atom. The molecule has 0 amide bonds. The van der Waals surface area contributed by atoms with Gasteiger partial charge >= 0.3 is 5.97 Å². The van der Waals surface area contributed by atoms with E-state index in [0.29, 0.717) is 11.5 Å². The van der Waals surface area contributed by atoms with Crippen LogP contribution in [0.25, 0.3) is 11.4 Å². The summed E-state index contributed by atoms with van der Waals surface area (Å²) >= 11 is 3.46. The summed E-state index contributed by atoms with van der Waals surface area (Å²) in [5.74, 6) is -0.115. The van der Waals surface area contributed by atoms with Crippen molar-refractivity contribution in [2.75, 3.05) is 0 Å². The van der Waals surface area contributed by atoms with Crippen molar-refractivity contribution in [3.05, 3.63) is 46.2 Å². The van der Waals surface area contributed by atoms with Crippen molar-refractivity contribution in [2.45, 2.75) is 18.8 Å². The van der Waals surface area contributed by atoms with Crippen LogP contribution in [0.3, 0.4) is 0 Å². The summed E-state index contributed by atoms with van der Waals surface area (Å²) in [6.45, 7) is 0. The number of hydrogen-bond donors (Lipinski definition) is 1. The van der Waals surface area contributed by atoms with E-state index in [4.69, 9.17) is 5.11 Å². The highest BCUT2D eigenvalue weighted by Gasteiger charge is 2.30. The lowest BCUT2D eigenvalue weighted by atomic mass is 10.1. The Morgan fingerprint density at radius 2 is 2.05 bits per heavy atom. The van der Waals surface area contributed by atoms with Crippen LogP contribution in [0.1, 0.15) is 34.8 Å². The van der Waals surface area contributed by atoms with E-state index in [0.717, 1.165) is 22.9 Å². The van der Waals surface area contributed by atoms with Crippen LogP contribution in [0, 0.1) is 0 Å². The van der Waals surface area contributed by atoms with Crippen molar-refractivity contribution in [1.29, 1.82) is 0 Å². The summed E-state index contributed by atoms with van der Waals surface area (Å²) in [4.78, 5) is 19.8. The largest absolute Gasteiger partial charge is 0.478 e. The number of rotatable bonds is 3. The maximum Gasteiger partial charge on any atom is 0.339 e. The van der Waals surface area contributed by atoms with Crippen molar-refractivity contribution < 1.29 is 9.90 Å². The van der Waals surface area contributed by atoms with E-state index in [2.05, 4.69) is 25.9 Å². The normalized spacial score (nSPS) is 14.4. The molecule has 1 aromatic heterocycles. The van der Waals surface area contributed by atoms with Crippen LogP contribution in [0.2, 0.25) is 0 Å². The molecule has 0 bridgehead atoms. The average molecular weight is 319 g/mol. The Hall–Kier alpha value is -1.75. The first kappa shape index (κ1) is 12.3. The van der Waals surface area contributed by atoms with Crippen LogP contribution in [0.4, 0.5) is 0 Å². The zero-order valence-electron chi connectivity index (χ0n) is 10.0. The zero-order valence-corrected chi connectivity index (χ0v) is 11.6. The molecule has 1 heterocycles. The fourth-order valence-corrected chi connectivity index (χ4v) is 2.46. The lowest BCUT2D eigenvalue weighted by molar-refractivity contribution is 0.0694. The highest BCUT2D eigenvalue weighted by atomic mass is 79.9. The summed E-state index contributed by atoms with van der Waals surface area (Å²) in [5, 5.41) is 9.17. The lowest BCUT2D eigenvalue weighted by Crippen LogP contribution is -2.06. The third-order valence-corrected chi connectivity index (χ3v) is 3.82. The van der Waals surface area contributed by atoms with Gasteiger partial charge in [-0.3, -0.25) is 0 Å². The number of aromatic carboxylic acids is 1. The molecule has 19 heavy (non-hydrogen) atoms. The second-order valence-corrected chi connectivity index (χ2v) is 5.41. The van der Waals surface area contributed by atoms with E-state index in [-0.39, 0.29) is 11.5 Å². The monoisotopic (exact) mass is 318 g/mol. The van der Waals surface area contributed by atoms with Crippen molar-refractivity contribution in [1.82, 2.24) is 9.97 Å². The van der Waals surface area contributed by atoms with Gasteiger partial charge < -0.3 is 5.11 Å². The Bertz CT molecular complexity index is 654. The van der Waals surface area contributed by atoms with Crippen LogP contribution >= 0.6 is 15.9 Å². The first-order valence-corrected chi connectivity index (χ1v) is 6.81. The van der Waals surface area contributed by atoms with Gasteiger partial charge in [-0.15, -0.1) is 0 Å². The molecule has 0 unspecified atom stereocenters. The Kier molecular flexibility index (Phi) is 3.06. The van der Waals surface area contributed by atoms with E-state index in [1.165, 1.54) is 6.20 Å². The summed E-state index contributed by atoms with van der Waals surface area (Å²) in [6, 6.07) is 7.66. The van der Waals surface area contributed by atoms with Gasteiger partial charge in [0, 0.05) is 22.2 Å². The molecule has 2 aromatic rings. The molecule has 5 heteroatoms. The Balaban J connectivity index is 2.11. The molecule has 0 saturated heterocycles. The fraction of sp³-hybridized carbons (Fsp3) is 0.214. The third kappa shape index (κ3) is 2.38. The molecule has 1 aromatic carbocycles. The minimum atomic E-state index is -0.958. The van der Waals surface area contributed by atoms with Crippen molar-refractivity contribution >= 4 is 21.9 Å². The van der Waals surface area contributed by atoms with E-state index in [1.807, 2.05) is 24.3 Å². The zero-order chi connectivity index (χ0) is 13.4. The van der Waals surface area contributed by atoms with Gasteiger partial charge in [-0.25, -0.2) is 14.8 Å². The number of nitrogens with zero attached hydrogens (tertiary/aromatic N) is 2. The second kappa shape index (κ2) is 4.74. The minimum absolute atomic E-state index is 0.221. The Morgan fingerprint density at radius 3 is 2.68 bits per heavy atom. The van der Waals surface area contributed by atoms with E-state index < -0.39 is 5.97 Å². The van der Waals surface area contributed by atoms with Gasteiger partial charge in [0.25, 0.3) is 0 Å². The van der Waals surface area contributed by atoms with Crippen LogP contribution in [-0.4, -0.2) is 21.0 Å². The molecule has 0 spiro atoms. The Labute approximate surface area is 118 Å². The number of halogens is 1. The van der Waals surface area contributed by atoms with Crippen molar-refractivity contribution in [3.63, 3.8) is 0 Å². The molecule has 96 valence electrons. The number of hydrogen-bond acceptors (Lipinski definition) is 3. The fourth-order valence-electron chi connectivity index (χ4n) is 2.00. The smallest absolute Gasteiger partial charge is 0.339 e. The van der Waals surface area contributed by atoms with E-state index >= 15 is 0 Å². The van der Waals surface area contributed by atoms with E-state index in [9.17, 15) is 4.79 Å². The van der Waals surface area contributed by atoms with Gasteiger partial charge in [0.2, 0.25) is 0 Å². The number of carboxylic acids is 1. The average Bonchev–Trinajstić information content (AvgIpc) is 3.23. The maximum atomic E-state index is 11.2. The van der Waals surface area contributed by atoms with Gasteiger partial charge in [0.15, 0.2) is 5.82 Å². The van der Waals surface area contributed by atoms with Gasteiger partial charge in [-0.2, -0.15) is 0 Å². The molecular formula is C14H11BrN2O2. The first-order chi connectivity index (χ1) is 9.16. The number of benzene rings is 1. The molecule has 3 rings (SSSR count). The first-order valence-electron chi connectivity index (χ1n) is 6.02. The van der Waals surface area contributed by atoms with Crippen LogP contribution in [0.5, 0.6) is 0 Å². The van der Waals surface area contributed by atoms with Gasteiger partial charge in [-0.1, -0.05) is 34.1 Å².